The molecule has 1 aromatic heterocycles. The first-order valence-electron chi connectivity index (χ1n) is 15.6. The fourth-order valence-corrected chi connectivity index (χ4v) is 7.33. The molecule has 1 amide bonds. The van der Waals surface area contributed by atoms with Crippen molar-refractivity contribution in [1.82, 2.24) is 19.8 Å². The first kappa shape index (κ1) is 29.1. The van der Waals surface area contributed by atoms with Crippen LogP contribution in [0, 0.1) is 11.3 Å². The first-order valence-corrected chi connectivity index (χ1v) is 16.0. The van der Waals surface area contributed by atoms with Gasteiger partial charge < -0.3 is 29.1 Å². The summed E-state index contributed by atoms with van der Waals surface area (Å²) in [6.45, 7) is 6.57. The van der Waals surface area contributed by atoms with Gasteiger partial charge in [0.1, 0.15) is 12.4 Å². The van der Waals surface area contributed by atoms with Gasteiger partial charge in [-0.1, -0.05) is 35.9 Å². The highest BCUT2D eigenvalue weighted by Crippen LogP contribution is 2.37. The Hall–Kier alpha value is -3.65. The van der Waals surface area contributed by atoms with E-state index in [0.29, 0.717) is 44.8 Å². The van der Waals surface area contributed by atoms with Crippen molar-refractivity contribution < 1.29 is 14.3 Å². The molecule has 0 aliphatic carbocycles. The van der Waals surface area contributed by atoms with Gasteiger partial charge in [0.25, 0.3) is 5.91 Å². The zero-order valence-corrected chi connectivity index (χ0v) is 26.0. The van der Waals surface area contributed by atoms with E-state index in [-0.39, 0.29) is 24.5 Å². The summed E-state index contributed by atoms with van der Waals surface area (Å²) in [6.07, 6.45) is 2.82. The molecule has 3 aromatic rings. The fraction of sp³-hybridized carbons (Fsp3) is 0.515. The van der Waals surface area contributed by atoms with Gasteiger partial charge in [0.05, 0.1) is 41.9 Å². The lowest BCUT2D eigenvalue weighted by atomic mass is 10.0. The molecule has 0 radical (unpaired) electrons. The molecule has 0 unspecified atom stereocenters. The number of anilines is 2. The SMILES string of the molecule is C[C@H]1O[C@@H]1C(=O)N1CCN(c2nc(OC[C@@H]3CCCN3C)nc3c2CCN(c2cccc4cccc(Cl)c24)C3)C[C@@H]1CC#N. The van der Waals surface area contributed by atoms with E-state index in [4.69, 9.17) is 31.0 Å². The van der Waals surface area contributed by atoms with E-state index in [1.54, 1.807) is 0 Å². The van der Waals surface area contributed by atoms with Crippen LogP contribution in [0.5, 0.6) is 6.01 Å². The Bertz CT molecular complexity index is 1610. The minimum absolute atomic E-state index is 0.0174. The van der Waals surface area contributed by atoms with Crippen LogP contribution >= 0.6 is 11.6 Å². The van der Waals surface area contributed by atoms with Crippen LogP contribution in [0.3, 0.4) is 0 Å². The van der Waals surface area contributed by atoms with E-state index >= 15 is 0 Å². The highest BCUT2D eigenvalue weighted by atomic mass is 35.5. The van der Waals surface area contributed by atoms with Gasteiger partial charge in [0.15, 0.2) is 6.10 Å². The second-order valence-electron chi connectivity index (χ2n) is 12.4. The number of aromatic nitrogens is 2. The maximum absolute atomic E-state index is 13.1. The van der Waals surface area contributed by atoms with Gasteiger partial charge in [-0.25, -0.2) is 0 Å². The Balaban J connectivity index is 1.20. The number of ether oxygens (including phenoxy) is 2. The maximum atomic E-state index is 13.1. The average molecular weight is 616 g/mol. The van der Waals surface area contributed by atoms with Crippen LogP contribution in [0.4, 0.5) is 11.5 Å². The van der Waals surface area contributed by atoms with E-state index < -0.39 is 6.10 Å². The van der Waals surface area contributed by atoms with Crippen LogP contribution in [-0.2, 0) is 22.5 Å². The van der Waals surface area contributed by atoms with Crippen LogP contribution in [0.25, 0.3) is 10.8 Å². The molecule has 0 N–H and O–H groups in total. The molecule has 10 nitrogen and oxygen atoms in total. The molecule has 0 spiro atoms. The Labute approximate surface area is 263 Å². The molecule has 11 heteroatoms. The molecule has 3 fully saturated rings. The normalized spacial score (nSPS) is 25.2. The van der Waals surface area contributed by atoms with Gasteiger partial charge in [0.2, 0.25) is 0 Å². The van der Waals surface area contributed by atoms with Gasteiger partial charge in [-0.05, 0) is 57.3 Å². The number of carbonyl (C=O) groups excluding carboxylic acids is 1. The summed E-state index contributed by atoms with van der Waals surface area (Å²) in [7, 11) is 2.14. The largest absolute Gasteiger partial charge is 0.462 e. The Morgan fingerprint density at radius 1 is 1.11 bits per heavy atom. The molecule has 7 rings (SSSR count). The molecule has 230 valence electrons. The molecule has 0 saturated carbocycles. The summed E-state index contributed by atoms with van der Waals surface area (Å²) < 4.78 is 11.8. The average Bonchev–Trinajstić information content (AvgIpc) is 3.63. The number of halogens is 1. The number of likely N-dealkylation sites (N-methyl/N-ethyl adjacent to an activating group) is 1. The summed E-state index contributed by atoms with van der Waals surface area (Å²) in [4.78, 5) is 31.8. The number of epoxide rings is 1. The fourth-order valence-electron chi connectivity index (χ4n) is 7.05. The highest BCUT2D eigenvalue weighted by Gasteiger charge is 2.46. The molecule has 44 heavy (non-hydrogen) atoms. The summed E-state index contributed by atoms with van der Waals surface area (Å²) in [5, 5.41) is 12.5. The monoisotopic (exact) mass is 615 g/mol. The number of amides is 1. The number of hydrogen-bond acceptors (Lipinski definition) is 9. The van der Waals surface area contributed by atoms with Crippen molar-refractivity contribution in [2.24, 2.45) is 0 Å². The number of piperazine rings is 1. The molecular weight excluding hydrogens is 578 g/mol. The first-order chi connectivity index (χ1) is 21.4. The molecule has 4 aliphatic heterocycles. The topological polar surface area (TPSA) is 101 Å². The number of fused-ring (bicyclic) bond motifs is 2. The van der Waals surface area contributed by atoms with Gasteiger partial charge >= 0.3 is 6.01 Å². The van der Waals surface area contributed by atoms with Gasteiger partial charge in [-0.15, -0.1) is 0 Å². The Kier molecular flexibility index (Phi) is 7.95. The van der Waals surface area contributed by atoms with Gasteiger partial charge in [-0.2, -0.15) is 15.2 Å². The Morgan fingerprint density at radius 2 is 1.93 bits per heavy atom. The number of hydrogen-bond donors (Lipinski definition) is 0. The minimum atomic E-state index is -0.392. The van der Waals surface area contributed by atoms with Crippen molar-refractivity contribution >= 4 is 39.8 Å². The van der Waals surface area contributed by atoms with Gasteiger partial charge in [0, 0.05) is 48.9 Å². The van der Waals surface area contributed by atoms with Crippen molar-refractivity contribution in [2.75, 3.05) is 56.2 Å². The van der Waals surface area contributed by atoms with Crippen molar-refractivity contribution in [3.8, 4) is 12.1 Å². The number of rotatable bonds is 7. The third-order valence-electron chi connectivity index (χ3n) is 9.62. The summed E-state index contributed by atoms with van der Waals surface area (Å²) >= 11 is 6.71. The van der Waals surface area contributed by atoms with Crippen molar-refractivity contribution in [3.05, 3.63) is 52.7 Å². The second-order valence-corrected chi connectivity index (χ2v) is 12.8. The van der Waals surface area contributed by atoms with Crippen LogP contribution < -0.4 is 14.5 Å². The predicted octanol–water partition coefficient (Wildman–Crippen LogP) is 4.04. The van der Waals surface area contributed by atoms with Crippen molar-refractivity contribution in [2.45, 2.75) is 63.4 Å². The number of likely N-dealkylation sites (tertiary alicyclic amines) is 1. The summed E-state index contributed by atoms with van der Waals surface area (Å²) in [5.74, 6) is 0.836. The molecular formula is C33H38ClN7O3. The zero-order chi connectivity index (χ0) is 30.4. The number of nitriles is 1. The van der Waals surface area contributed by atoms with E-state index in [1.165, 1.54) is 0 Å². The zero-order valence-electron chi connectivity index (χ0n) is 25.3. The summed E-state index contributed by atoms with van der Waals surface area (Å²) in [6, 6.07) is 15.1. The maximum Gasteiger partial charge on any atom is 0.318 e. The van der Waals surface area contributed by atoms with Crippen LogP contribution in [-0.4, -0.2) is 96.3 Å². The van der Waals surface area contributed by atoms with Gasteiger partial charge in [-0.3, -0.25) is 4.79 Å². The van der Waals surface area contributed by atoms with Crippen molar-refractivity contribution in [1.29, 1.82) is 5.26 Å². The quantitative estimate of drug-likeness (QED) is 0.365. The molecule has 5 heterocycles. The molecule has 0 bridgehead atoms. The number of nitrogens with zero attached hydrogens (tertiary/aromatic N) is 7. The molecule has 4 aliphatic rings. The summed E-state index contributed by atoms with van der Waals surface area (Å²) in [5.41, 5.74) is 3.13. The minimum Gasteiger partial charge on any atom is -0.462 e. The molecule has 4 atom stereocenters. The van der Waals surface area contributed by atoms with Crippen LogP contribution in [0.2, 0.25) is 5.02 Å². The van der Waals surface area contributed by atoms with E-state index in [1.807, 2.05) is 24.0 Å². The smallest absolute Gasteiger partial charge is 0.318 e. The third-order valence-corrected chi connectivity index (χ3v) is 9.93. The number of carbonyl (C=O) groups is 1. The Morgan fingerprint density at radius 3 is 2.68 bits per heavy atom. The number of benzene rings is 2. The van der Waals surface area contributed by atoms with Crippen LogP contribution in [0.1, 0.15) is 37.4 Å². The van der Waals surface area contributed by atoms with E-state index in [2.05, 4.69) is 52.1 Å². The molecule has 2 aromatic carbocycles. The molecule has 3 saturated heterocycles. The van der Waals surface area contributed by atoms with E-state index in [9.17, 15) is 10.1 Å². The highest BCUT2D eigenvalue weighted by molar-refractivity contribution is 6.36. The third kappa shape index (κ3) is 5.53. The lowest BCUT2D eigenvalue weighted by Gasteiger charge is -2.42. The predicted molar refractivity (Wildman–Crippen MR) is 169 cm³/mol. The lowest BCUT2D eigenvalue weighted by molar-refractivity contribution is -0.135. The second kappa shape index (κ2) is 12.0. The lowest BCUT2D eigenvalue weighted by Crippen LogP contribution is -2.56. The van der Waals surface area contributed by atoms with Crippen LogP contribution in [0.15, 0.2) is 36.4 Å². The van der Waals surface area contributed by atoms with E-state index in [0.717, 1.165) is 70.9 Å². The standard InChI is InChI=1S/C33H38ClN7O3/c1-21-30(44-21)32(42)41-17-16-40(18-23(41)11-13-35)31-25-12-15-39(28-10-4-7-22-6-3-9-26(34)29(22)28)19-27(25)36-33(37-31)43-20-24-8-5-14-38(24)2/h3-4,6-7,9-10,21,23-24,30H,5,8,11-12,14-20H2,1-2H3/t21-,23+,24+,30+/m1/s1. The van der Waals surface area contributed by atoms with Crippen molar-refractivity contribution in [3.63, 3.8) is 0 Å².